The Bertz CT molecular complexity index is 2760. The van der Waals surface area contributed by atoms with E-state index in [1.165, 1.54) is 72.8 Å². The van der Waals surface area contributed by atoms with E-state index in [2.05, 4.69) is 63.1 Å². The number of aromatic nitrogens is 2. The molecule has 0 saturated carbocycles. The fourth-order valence-corrected chi connectivity index (χ4v) is 7.91. The van der Waals surface area contributed by atoms with Crippen molar-refractivity contribution in [2.24, 2.45) is 22.3 Å². The van der Waals surface area contributed by atoms with Crippen LogP contribution in [0.5, 0.6) is 11.5 Å². The van der Waals surface area contributed by atoms with Gasteiger partial charge < -0.3 is 69.6 Å². The van der Waals surface area contributed by atoms with E-state index in [1.54, 1.807) is 36.6 Å². The van der Waals surface area contributed by atoms with E-state index < -0.39 is 108 Å². The summed E-state index contributed by atoms with van der Waals surface area (Å²) < 4.78 is 0. The number of carbonyl (C=O) groups excluding carboxylic acids is 9. The van der Waals surface area contributed by atoms with Gasteiger partial charge in [0.1, 0.15) is 53.8 Å². The maximum atomic E-state index is 14.7. The SMILES string of the molecule is C#CCC(NC(=O)[C@H](Cc1ccc(O)cc1)NC(=O)[C@H](Cc1ccc(O)cc1)NC(=O)[C@H](Cc1ccccc1)NC(=O)[C@H](CCSC)NC(=O)[C@H](CCC(N)=O)NC(=O)[C@H](Cc1cnc[nH]1)NC(=O)C(N)N=[N+]=[N-])C(N)=O. The van der Waals surface area contributed by atoms with Crippen LogP contribution in [-0.2, 0) is 68.8 Å². The van der Waals surface area contributed by atoms with Crippen LogP contribution in [0.2, 0.25) is 0 Å². The number of aromatic amines is 1. The van der Waals surface area contributed by atoms with Crippen LogP contribution >= 0.6 is 11.8 Å². The van der Waals surface area contributed by atoms with Crippen molar-refractivity contribution in [1.82, 2.24) is 47.2 Å². The van der Waals surface area contributed by atoms with Crippen LogP contribution in [-0.4, -0.2) is 134 Å². The Balaban J connectivity index is 1.67. The summed E-state index contributed by atoms with van der Waals surface area (Å²) in [5.74, 6) is -5.88. The number of hydrogen-bond acceptors (Lipinski definition) is 15. The molecule has 1 heterocycles. The van der Waals surface area contributed by atoms with Gasteiger partial charge in [0.05, 0.1) is 6.33 Å². The first-order valence-electron chi connectivity index (χ1n) is 23.8. The number of hydrogen-bond donors (Lipinski definition) is 13. The van der Waals surface area contributed by atoms with E-state index >= 15 is 0 Å². The van der Waals surface area contributed by atoms with Crippen LogP contribution in [0.15, 0.2) is 96.5 Å². The predicted octanol–water partition coefficient (Wildman–Crippen LogP) is -1.39. The number of aromatic hydroxyl groups is 2. The van der Waals surface area contributed by atoms with Crippen molar-refractivity contribution < 1.29 is 53.4 Å². The molecular formula is C50H61N15O11S. The number of nitrogens with zero attached hydrogens (tertiary/aromatic N) is 4. The summed E-state index contributed by atoms with van der Waals surface area (Å²) in [6.07, 6.45) is 6.24. The van der Waals surface area contributed by atoms with Gasteiger partial charge in [0.15, 0.2) is 6.17 Å². The second-order valence-corrected chi connectivity index (χ2v) is 18.4. The summed E-state index contributed by atoms with van der Waals surface area (Å²) in [6.45, 7) is 0. The Morgan fingerprint density at radius 1 is 0.636 bits per heavy atom. The van der Waals surface area contributed by atoms with Crippen LogP contribution < -0.4 is 54.4 Å². The Morgan fingerprint density at radius 3 is 1.47 bits per heavy atom. The zero-order chi connectivity index (χ0) is 56.4. The minimum atomic E-state index is -1.73. The molecule has 0 saturated heterocycles. The number of terminal acetylenes is 1. The average molecular weight is 1080 g/mol. The number of phenols is 2. The molecule has 77 heavy (non-hydrogen) atoms. The number of carbonyl (C=O) groups is 9. The average Bonchev–Trinajstić information content (AvgIpc) is 3.92. The fourth-order valence-electron chi connectivity index (χ4n) is 7.44. The van der Waals surface area contributed by atoms with E-state index in [-0.39, 0.29) is 62.2 Å². The predicted molar refractivity (Wildman–Crippen MR) is 281 cm³/mol. The standard InChI is InChI=1S/C50H61N15O11S/c1-3-7-34(43(53)69)57-46(72)38(23-29-10-14-32(66)15-11-29)61-48(74)39(24-30-12-16-33(67)17-13-30)62-47(73)37(22-28-8-5-4-6-9-28)60-45(71)36(20-21-77-2)59-44(70)35(18-19-41(51)68)58-49(75)40(25-31-26-55-27-56-31)63-50(76)42(52)64-65-54/h1,4-6,8-17,26-27,34-40,42,66-67H,7,18-25,52H2,2H3,(H2,51,68)(H2,53,69)(H,55,56)(H,57,72)(H,58,75)(H,59,70)(H,60,71)(H,61,74)(H,62,73)(H,63,76)/t34?,35-,36-,37-,38-,39-,40-,42?/m0/s1. The maximum Gasteiger partial charge on any atom is 0.243 e. The number of thioether (sulfide) groups is 1. The van der Waals surface area contributed by atoms with Crippen molar-refractivity contribution in [2.75, 3.05) is 12.0 Å². The minimum Gasteiger partial charge on any atom is -0.508 e. The first-order valence-corrected chi connectivity index (χ1v) is 25.2. The number of amides is 9. The molecule has 16 N–H and O–H groups in total. The Morgan fingerprint density at radius 2 is 1.05 bits per heavy atom. The van der Waals surface area contributed by atoms with E-state index in [0.29, 0.717) is 22.4 Å². The van der Waals surface area contributed by atoms with Crippen molar-refractivity contribution in [1.29, 1.82) is 0 Å². The lowest BCUT2D eigenvalue weighted by Crippen LogP contribution is -2.61. The minimum absolute atomic E-state index is 0.0287. The third-order valence-electron chi connectivity index (χ3n) is 11.5. The highest BCUT2D eigenvalue weighted by Crippen LogP contribution is 2.16. The number of azide groups is 1. The zero-order valence-electron chi connectivity index (χ0n) is 41.7. The summed E-state index contributed by atoms with van der Waals surface area (Å²) >= 11 is 1.32. The van der Waals surface area contributed by atoms with E-state index in [1.807, 2.05) is 0 Å². The highest BCUT2D eigenvalue weighted by Gasteiger charge is 2.35. The van der Waals surface area contributed by atoms with Crippen LogP contribution in [0.1, 0.15) is 48.1 Å². The van der Waals surface area contributed by atoms with E-state index in [4.69, 9.17) is 29.2 Å². The molecule has 0 spiro atoms. The molecule has 0 aliphatic heterocycles. The number of phenolic OH excluding ortho intramolecular Hbond substituents is 2. The van der Waals surface area contributed by atoms with Crippen molar-refractivity contribution in [2.45, 2.75) is 99.8 Å². The Kier molecular flexibility index (Phi) is 24.3. The molecule has 26 nitrogen and oxygen atoms in total. The van der Waals surface area contributed by atoms with Crippen molar-refractivity contribution >= 4 is 64.9 Å². The van der Waals surface area contributed by atoms with Gasteiger partial charge in [-0.05, 0) is 71.3 Å². The molecule has 0 radical (unpaired) electrons. The number of nitrogens with one attached hydrogen (secondary N) is 8. The largest absolute Gasteiger partial charge is 0.508 e. The molecule has 0 fully saturated rings. The van der Waals surface area contributed by atoms with Gasteiger partial charge in [-0.2, -0.15) is 11.8 Å². The number of nitrogens with two attached hydrogens (primary N) is 3. The van der Waals surface area contributed by atoms with Gasteiger partial charge in [-0.3, -0.25) is 43.2 Å². The molecule has 4 aromatic rings. The third-order valence-corrected chi connectivity index (χ3v) is 12.2. The molecule has 0 aliphatic carbocycles. The van der Waals surface area contributed by atoms with Gasteiger partial charge in [0, 0.05) is 55.3 Å². The molecular weight excluding hydrogens is 1020 g/mol. The van der Waals surface area contributed by atoms with Gasteiger partial charge in [-0.25, -0.2) is 4.98 Å². The molecule has 8 atom stereocenters. The Hall–Kier alpha value is -9.12. The van der Waals surface area contributed by atoms with Gasteiger partial charge in [-0.1, -0.05) is 59.7 Å². The van der Waals surface area contributed by atoms with Crippen LogP contribution in [0.4, 0.5) is 0 Å². The Labute approximate surface area is 446 Å². The summed E-state index contributed by atoms with van der Waals surface area (Å²) in [5, 5.41) is 41.1. The number of benzene rings is 3. The molecule has 4 rings (SSSR count). The van der Waals surface area contributed by atoms with Crippen molar-refractivity contribution in [3.05, 3.63) is 124 Å². The monoisotopic (exact) mass is 1080 g/mol. The van der Waals surface area contributed by atoms with Gasteiger partial charge in [0.25, 0.3) is 0 Å². The van der Waals surface area contributed by atoms with Crippen molar-refractivity contribution in [3.63, 3.8) is 0 Å². The lowest BCUT2D eigenvalue weighted by atomic mass is 10.0. The third kappa shape index (κ3) is 20.6. The first kappa shape index (κ1) is 60.4. The van der Waals surface area contributed by atoms with E-state index in [9.17, 15) is 53.4 Å². The van der Waals surface area contributed by atoms with Gasteiger partial charge in [0.2, 0.25) is 53.2 Å². The molecule has 0 bridgehead atoms. The number of rotatable bonds is 31. The lowest BCUT2D eigenvalue weighted by Gasteiger charge is -2.28. The molecule has 27 heteroatoms. The maximum absolute atomic E-state index is 14.7. The topological polar surface area (TPSA) is 434 Å². The van der Waals surface area contributed by atoms with Gasteiger partial charge in [-0.15, -0.1) is 12.3 Å². The first-order chi connectivity index (χ1) is 36.8. The summed E-state index contributed by atoms with van der Waals surface area (Å²) in [5.41, 5.74) is 27.2. The highest BCUT2D eigenvalue weighted by molar-refractivity contribution is 7.98. The molecule has 408 valence electrons. The number of H-pyrrole nitrogens is 1. The zero-order valence-corrected chi connectivity index (χ0v) is 42.5. The lowest BCUT2D eigenvalue weighted by molar-refractivity contribution is -0.135. The van der Waals surface area contributed by atoms with Crippen molar-refractivity contribution in [3.8, 4) is 23.8 Å². The quantitative estimate of drug-likeness (QED) is 0.0120. The van der Waals surface area contributed by atoms with Gasteiger partial charge >= 0.3 is 0 Å². The number of primary amides is 2. The normalized spacial score (nSPS) is 13.8. The summed E-state index contributed by atoms with van der Waals surface area (Å²) in [4.78, 5) is 132. The highest BCUT2D eigenvalue weighted by atomic mass is 32.2. The van der Waals surface area contributed by atoms with Crippen LogP contribution in [0.25, 0.3) is 10.4 Å². The second-order valence-electron chi connectivity index (χ2n) is 17.4. The number of imidazole rings is 1. The van der Waals surface area contributed by atoms with Crippen LogP contribution in [0.3, 0.4) is 0 Å². The molecule has 0 aliphatic rings. The fraction of sp³-hybridized carbons (Fsp3) is 0.360. The summed E-state index contributed by atoms with van der Waals surface area (Å²) in [6, 6.07) is 9.84. The van der Waals surface area contributed by atoms with E-state index in [0.717, 1.165) is 0 Å². The summed E-state index contributed by atoms with van der Waals surface area (Å²) in [7, 11) is 0. The smallest absolute Gasteiger partial charge is 0.243 e. The molecule has 2 unspecified atom stereocenters. The van der Waals surface area contributed by atoms with Crippen LogP contribution in [0, 0.1) is 12.3 Å². The molecule has 9 amide bonds. The molecule has 1 aromatic heterocycles. The molecule has 3 aromatic carbocycles. The second kappa shape index (κ2) is 30.9.